The van der Waals surface area contributed by atoms with Gasteiger partial charge in [0.15, 0.2) is 0 Å². The number of para-hydroxylation sites is 1. The first-order valence-corrected chi connectivity index (χ1v) is 5.60. The largest absolute Gasteiger partial charge is 0.383 e. The highest BCUT2D eigenvalue weighted by Crippen LogP contribution is 2.16. The number of hydrogen-bond donors (Lipinski definition) is 2. The summed E-state index contributed by atoms with van der Waals surface area (Å²) in [7, 11) is 1.60. The van der Waals surface area contributed by atoms with E-state index >= 15 is 0 Å². The second-order valence-corrected chi connectivity index (χ2v) is 4.02. The summed E-state index contributed by atoms with van der Waals surface area (Å²) in [5.41, 5.74) is 0.813. The van der Waals surface area contributed by atoms with Gasteiger partial charge in [-0.2, -0.15) is 0 Å². The van der Waals surface area contributed by atoms with Crippen molar-refractivity contribution in [3.8, 4) is 0 Å². The van der Waals surface area contributed by atoms with Crippen molar-refractivity contribution < 1.29 is 9.53 Å². The number of anilines is 1. The van der Waals surface area contributed by atoms with Crippen LogP contribution in [0.25, 0.3) is 0 Å². The number of urea groups is 1. The molecule has 0 aromatic heterocycles. The molecule has 0 radical (unpaired) electrons. The maximum absolute atomic E-state index is 11.4. The van der Waals surface area contributed by atoms with Crippen LogP contribution in [0.1, 0.15) is 0 Å². The maximum Gasteiger partial charge on any atom is 0.319 e. The Kier molecular flexibility index (Phi) is 5.41. The number of rotatable bonds is 4. The van der Waals surface area contributed by atoms with Gasteiger partial charge in [0.1, 0.15) is 0 Å². The average molecular weight is 320 g/mol. The summed E-state index contributed by atoms with van der Waals surface area (Å²) in [6.07, 6.45) is 0. The molecule has 2 amide bonds. The summed E-state index contributed by atoms with van der Waals surface area (Å²) in [6.45, 7) is 1.02. The van der Waals surface area contributed by atoms with E-state index in [0.717, 1.165) is 9.26 Å². The minimum atomic E-state index is -0.212. The summed E-state index contributed by atoms with van der Waals surface area (Å²) in [6, 6.07) is 7.39. The standard InChI is InChI=1S/C10H13IN2O2/c1-15-7-6-12-10(14)13-9-5-3-2-4-8(9)11/h2-5H,6-7H2,1H3,(H2,12,13,14). The molecule has 0 bridgehead atoms. The van der Waals surface area contributed by atoms with E-state index in [4.69, 9.17) is 4.74 Å². The number of hydrogen-bond acceptors (Lipinski definition) is 2. The van der Waals surface area contributed by atoms with Crippen LogP contribution in [-0.2, 0) is 4.74 Å². The Morgan fingerprint density at radius 1 is 1.47 bits per heavy atom. The van der Waals surface area contributed by atoms with Crippen molar-refractivity contribution in [2.45, 2.75) is 0 Å². The van der Waals surface area contributed by atoms with E-state index in [-0.39, 0.29) is 6.03 Å². The normalized spacial score (nSPS) is 9.73. The molecule has 0 atom stereocenters. The lowest BCUT2D eigenvalue weighted by atomic mass is 10.3. The number of amides is 2. The van der Waals surface area contributed by atoms with Crippen LogP contribution in [0.15, 0.2) is 24.3 Å². The molecule has 0 aliphatic rings. The lowest BCUT2D eigenvalue weighted by molar-refractivity contribution is 0.198. The van der Waals surface area contributed by atoms with E-state index in [9.17, 15) is 4.79 Å². The highest BCUT2D eigenvalue weighted by Gasteiger charge is 2.02. The zero-order chi connectivity index (χ0) is 11.1. The second-order valence-electron chi connectivity index (χ2n) is 2.85. The molecule has 0 saturated heterocycles. The Bertz CT molecular complexity index is 331. The summed E-state index contributed by atoms with van der Waals surface area (Å²) in [5, 5.41) is 5.44. The number of ether oxygens (including phenoxy) is 1. The van der Waals surface area contributed by atoms with Gasteiger partial charge < -0.3 is 15.4 Å². The molecule has 2 N–H and O–H groups in total. The van der Waals surface area contributed by atoms with Gasteiger partial charge in [-0.15, -0.1) is 0 Å². The first kappa shape index (κ1) is 12.3. The van der Waals surface area contributed by atoms with Gasteiger partial charge in [-0.1, -0.05) is 12.1 Å². The van der Waals surface area contributed by atoms with Crippen molar-refractivity contribution in [3.05, 3.63) is 27.8 Å². The Balaban J connectivity index is 2.41. The van der Waals surface area contributed by atoms with Gasteiger partial charge in [0.2, 0.25) is 0 Å². The summed E-state index contributed by atoms with van der Waals surface area (Å²) < 4.78 is 5.83. The number of carbonyl (C=O) groups is 1. The third kappa shape index (κ3) is 4.48. The molecule has 4 nitrogen and oxygen atoms in total. The van der Waals surface area contributed by atoms with E-state index in [1.165, 1.54) is 0 Å². The fraction of sp³-hybridized carbons (Fsp3) is 0.300. The molecule has 0 spiro atoms. The number of carbonyl (C=O) groups excluding carboxylic acids is 1. The van der Waals surface area contributed by atoms with E-state index in [1.54, 1.807) is 7.11 Å². The minimum absolute atomic E-state index is 0.212. The third-order valence-electron chi connectivity index (χ3n) is 1.71. The van der Waals surface area contributed by atoms with Gasteiger partial charge in [0.05, 0.1) is 12.3 Å². The fourth-order valence-corrected chi connectivity index (χ4v) is 1.52. The topological polar surface area (TPSA) is 50.4 Å². The van der Waals surface area contributed by atoms with Crippen LogP contribution in [0, 0.1) is 3.57 Å². The molecule has 1 aromatic carbocycles. The van der Waals surface area contributed by atoms with Crippen LogP contribution >= 0.6 is 22.6 Å². The first-order chi connectivity index (χ1) is 7.24. The Labute approximate surface area is 103 Å². The average Bonchev–Trinajstić information content (AvgIpc) is 2.22. The highest BCUT2D eigenvalue weighted by molar-refractivity contribution is 14.1. The van der Waals surface area contributed by atoms with Gasteiger partial charge >= 0.3 is 6.03 Å². The minimum Gasteiger partial charge on any atom is -0.383 e. The van der Waals surface area contributed by atoms with Crippen LogP contribution in [0.5, 0.6) is 0 Å². The molecule has 82 valence electrons. The van der Waals surface area contributed by atoms with E-state index in [2.05, 4.69) is 33.2 Å². The monoisotopic (exact) mass is 320 g/mol. The SMILES string of the molecule is COCCNC(=O)Nc1ccccc1I. The molecule has 0 aliphatic carbocycles. The zero-order valence-corrected chi connectivity index (χ0v) is 10.6. The summed E-state index contributed by atoms with van der Waals surface area (Å²) in [5.74, 6) is 0. The van der Waals surface area contributed by atoms with E-state index in [1.807, 2.05) is 24.3 Å². The molecule has 1 aromatic rings. The lowest BCUT2D eigenvalue weighted by Gasteiger charge is -2.08. The van der Waals surface area contributed by atoms with Crippen molar-refractivity contribution in [3.63, 3.8) is 0 Å². The molecule has 1 rings (SSSR count). The molecule has 0 saturated carbocycles. The van der Waals surface area contributed by atoms with Crippen LogP contribution in [0.3, 0.4) is 0 Å². The number of benzene rings is 1. The highest BCUT2D eigenvalue weighted by atomic mass is 127. The Hall–Kier alpha value is -0.820. The Morgan fingerprint density at radius 2 is 2.20 bits per heavy atom. The van der Waals surface area contributed by atoms with Crippen molar-refractivity contribution in [1.29, 1.82) is 0 Å². The molecular weight excluding hydrogens is 307 g/mol. The van der Waals surface area contributed by atoms with Crippen molar-refractivity contribution >= 4 is 34.3 Å². The number of methoxy groups -OCH3 is 1. The lowest BCUT2D eigenvalue weighted by Crippen LogP contribution is -2.31. The quantitative estimate of drug-likeness (QED) is 0.659. The van der Waals surface area contributed by atoms with E-state index < -0.39 is 0 Å². The molecule has 0 fully saturated rings. The molecule has 0 unspecified atom stereocenters. The summed E-state index contributed by atoms with van der Waals surface area (Å²) >= 11 is 2.17. The number of nitrogens with one attached hydrogen (secondary N) is 2. The smallest absolute Gasteiger partial charge is 0.319 e. The van der Waals surface area contributed by atoms with E-state index in [0.29, 0.717) is 13.2 Å². The maximum atomic E-state index is 11.4. The molecular formula is C10H13IN2O2. The first-order valence-electron chi connectivity index (χ1n) is 4.52. The molecule has 0 aliphatic heterocycles. The fourth-order valence-electron chi connectivity index (χ4n) is 0.996. The van der Waals surface area contributed by atoms with Gasteiger partial charge in [0, 0.05) is 17.2 Å². The Morgan fingerprint density at radius 3 is 2.87 bits per heavy atom. The van der Waals surface area contributed by atoms with Gasteiger partial charge in [0.25, 0.3) is 0 Å². The van der Waals surface area contributed by atoms with Gasteiger partial charge in [-0.05, 0) is 34.7 Å². The van der Waals surface area contributed by atoms with Crippen molar-refractivity contribution in [2.75, 3.05) is 25.6 Å². The predicted octanol–water partition coefficient (Wildman–Crippen LogP) is 2.06. The number of halogens is 1. The van der Waals surface area contributed by atoms with Gasteiger partial charge in [-0.25, -0.2) is 4.79 Å². The van der Waals surface area contributed by atoms with Crippen LogP contribution < -0.4 is 10.6 Å². The second kappa shape index (κ2) is 6.62. The van der Waals surface area contributed by atoms with Crippen molar-refractivity contribution in [1.82, 2.24) is 5.32 Å². The van der Waals surface area contributed by atoms with Crippen LogP contribution in [-0.4, -0.2) is 26.3 Å². The molecule has 0 heterocycles. The zero-order valence-electron chi connectivity index (χ0n) is 8.42. The summed E-state index contributed by atoms with van der Waals surface area (Å²) in [4.78, 5) is 11.4. The third-order valence-corrected chi connectivity index (χ3v) is 2.65. The molecule has 5 heteroatoms. The van der Waals surface area contributed by atoms with Gasteiger partial charge in [-0.3, -0.25) is 0 Å². The van der Waals surface area contributed by atoms with Crippen LogP contribution in [0.4, 0.5) is 10.5 Å². The molecule has 15 heavy (non-hydrogen) atoms. The predicted molar refractivity (Wildman–Crippen MR) is 68.1 cm³/mol. The van der Waals surface area contributed by atoms with Crippen LogP contribution in [0.2, 0.25) is 0 Å². The van der Waals surface area contributed by atoms with Crippen molar-refractivity contribution in [2.24, 2.45) is 0 Å².